The Hall–Kier alpha value is -6.92. The van der Waals surface area contributed by atoms with Gasteiger partial charge in [0, 0.05) is 33.0 Å². The third kappa shape index (κ3) is 3.95. The molecule has 56 heavy (non-hydrogen) atoms. The van der Waals surface area contributed by atoms with Crippen LogP contribution in [-0.4, -0.2) is 29.1 Å². The first-order valence-corrected chi connectivity index (χ1v) is 19.3. The molecule has 0 bridgehead atoms. The zero-order valence-corrected chi connectivity index (χ0v) is 31.5. The molecule has 0 saturated carbocycles. The van der Waals surface area contributed by atoms with Crippen molar-refractivity contribution in [3.63, 3.8) is 0 Å². The monoisotopic (exact) mass is 720 g/mol. The molecule has 0 N–H and O–H groups in total. The lowest BCUT2D eigenvalue weighted by Gasteiger charge is -2.22. The van der Waals surface area contributed by atoms with Crippen LogP contribution in [0.4, 0.5) is 0 Å². The van der Waals surface area contributed by atoms with E-state index in [0.29, 0.717) is 0 Å². The molecule has 0 aliphatic heterocycles. The summed E-state index contributed by atoms with van der Waals surface area (Å²) in [5, 5.41) is 2.41. The van der Waals surface area contributed by atoms with Crippen molar-refractivity contribution in [1.29, 1.82) is 0 Å². The molecule has 2 aliphatic rings. The molecule has 266 valence electrons. The summed E-state index contributed by atoms with van der Waals surface area (Å²) < 4.78 is 4.63. The lowest BCUT2D eigenvalue weighted by atomic mass is 9.81. The molecule has 6 heteroatoms. The molecule has 2 aliphatic carbocycles. The SMILES string of the molecule is CC1(C)c2ccccc2-c2ccc3c(c21)c1ncncc1n3-c1ccc(-c2ccc(-n3c4cncnc4c4c5c(ccc43)-c3ccccc3C5(C)C)cc2)cc1. The van der Waals surface area contributed by atoms with Crippen LogP contribution in [0.5, 0.6) is 0 Å². The van der Waals surface area contributed by atoms with Gasteiger partial charge in [0.15, 0.2) is 0 Å². The van der Waals surface area contributed by atoms with Crippen molar-refractivity contribution in [3.8, 4) is 44.8 Å². The Morgan fingerprint density at radius 1 is 0.411 bits per heavy atom. The second-order valence-corrected chi connectivity index (χ2v) is 16.4. The number of benzene rings is 6. The van der Waals surface area contributed by atoms with Gasteiger partial charge in [-0.2, -0.15) is 0 Å². The molecule has 0 unspecified atom stereocenters. The highest BCUT2D eigenvalue weighted by molar-refractivity contribution is 6.13. The quantitative estimate of drug-likeness (QED) is 0.182. The van der Waals surface area contributed by atoms with E-state index in [-0.39, 0.29) is 10.8 Å². The maximum Gasteiger partial charge on any atom is 0.116 e. The maximum atomic E-state index is 4.89. The van der Waals surface area contributed by atoms with Crippen molar-refractivity contribution in [2.45, 2.75) is 38.5 Å². The molecule has 12 rings (SSSR count). The van der Waals surface area contributed by atoms with Crippen molar-refractivity contribution < 1.29 is 0 Å². The first kappa shape index (κ1) is 31.4. The smallest absolute Gasteiger partial charge is 0.116 e. The Morgan fingerprint density at radius 2 is 0.821 bits per heavy atom. The second kappa shape index (κ2) is 10.9. The Balaban J connectivity index is 0.950. The predicted molar refractivity (Wildman–Crippen MR) is 227 cm³/mol. The molecule has 0 fully saturated rings. The highest BCUT2D eigenvalue weighted by Crippen LogP contribution is 2.54. The molecule has 0 saturated heterocycles. The summed E-state index contributed by atoms with van der Waals surface area (Å²) in [4.78, 5) is 18.7. The van der Waals surface area contributed by atoms with Crippen LogP contribution in [0.15, 0.2) is 146 Å². The van der Waals surface area contributed by atoms with Crippen molar-refractivity contribution in [2.24, 2.45) is 0 Å². The highest BCUT2D eigenvalue weighted by Gasteiger charge is 2.39. The maximum absolute atomic E-state index is 4.89. The predicted octanol–water partition coefficient (Wildman–Crippen LogP) is 11.7. The van der Waals surface area contributed by atoms with Crippen molar-refractivity contribution in [1.82, 2.24) is 29.1 Å². The van der Waals surface area contributed by atoms with E-state index in [2.05, 4.69) is 168 Å². The van der Waals surface area contributed by atoms with Crippen molar-refractivity contribution in [2.75, 3.05) is 0 Å². The Kier molecular flexibility index (Phi) is 6.09. The summed E-state index contributed by atoms with van der Waals surface area (Å²) >= 11 is 0. The first-order chi connectivity index (χ1) is 27.3. The zero-order chi connectivity index (χ0) is 37.5. The van der Waals surface area contributed by atoms with Gasteiger partial charge in [-0.1, -0.05) is 113 Å². The minimum Gasteiger partial charge on any atom is -0.306 e. The lowest BCUT2D eigenvalue weighted by Crippen LogP contribution is -2.15. The summed E-state index contributed by atoms with van der Waals surface area (Å²) in [7, 11) is 0. The molecule has 0 amide bonds. The fraction of sp³-hybridized carbons (Fsp3) is 0.120. The van der Waals surface area contributed by atoms with E-state index >= 15 is 0 Å². The summed E-state index contributed by atoms with van der Waals surface area (Å²) in [6.45, 7) is 9.34. The number of nitrogens with zero attached hydrogens (tertiary/aromatic N) is 6. The average molecular weight is 721 g/mol. The number of fused-ring (bicyclic) bond motifs is 14. The van der Waals surface area contributed by atoms with E-state index in [1.807, 2.05) is 12.4 Å². The van der Waals surface area contributed by atoms with Gasteiger partial charge < -0.3 is 9.13 Å². The van der Waals surface area contributed by atoms with Crippen LogP contribution >= 0.6 is 0 Å². The highest BCUT2D eigenvalue weighted by atomic mass is 15.0. The van der Waals surface area contributed by atoms with Crippen LogP contribution in [0.2, 0.25) is 0 Å². The van der Waals surface area contributed by atoms with E-state index in [4.69, 9.17) is 9.97 Å². The van der Waals surface area contributed by atoms with Gasteiger partial charge >= 0.3 is 0 Å². The van der Waals surface area contributed by atoms with Crippen LogP contribution in [0, 0.1) is 0 Å². The summed E-state index contributed by atoms with van der Waals surface area (Å²) in [6.07, 6.45) is 7.24. The van der Waals surface area contributed by atoms with Gasteiger partial charge in [0.2, 0.25) is 0 Å². The Bertz CT molecular complexity index is 3070. The fourth-order valence-corrected chi connectivity index (χ4v) is 10.4. The average Bonchev–Trinajstić information content (AvgIpc) is 3.90. The third-order valence-corrected chi connectivity index (χ3v) is 12.8. The molecule has 4 heterocycles. The van der Waals surface area contributed by atoms with Crippen LogP contribution < -0.4 is 0 Å². The van der Waals surface area contributed by atoms with Gasteiger partial charge in [-0.05, 0) is 92.0 Å². The van der Waals surface area contributed by atoms with Gasteiger partial charge in [-0.15, -0.1) is 0 Å². The van der Waals surface area contributed by atoms with E-state index in [1.54, 1.807) is 12.7 Å². The van der Waals surface area contributed by atoms with Gasteiger partial charge in [0.1, 0.15) is 23.7 Å². The Morgan fingerprint density at radius 3 is 1.25 bits per heavy atom. The zero-order valence-electron chi connectivity index (χ0n) is 31.5. The lowest BCUT2D eigenvalue weighted by molar-refractivity contribution is 0.666. The first-order valence-electron chi connectivity index (χ1n) is 19.3. The molecule has 6 aromatic carbocycles. The minimum absolute atomic E-state index is 0.153. The number of hydrogen-bond donors (Lipinski definition) is 0. The summed E-state index contributed by atoms with van der Waals surface area (Å²) in [5.41, 5.74) is 21.0. The molecule has 0 spiro atoms. The largest absolute Gasteiger partial charge is 0.306 e. The van der Waals surface area contributed by atoms with Crippen LogP contribution in [0.1, 0.15) is 49.9 Å². The van der Waals surface area contributed by atoms with Crippen LogP contribution in [-0.2, 0) is 10.8 Å². The second-order valence-electron chi connectivity index (χ2n) is 16.4. The van der Waals surface area contributed by atoms with Crippen LogP contribution in [0.25, 0.3) is 88.6 Å². The number of hydrogen-bond acceptors (Lipinski definition) is 4. The number of aromatic nitrogens is 6. The molecule has 4 aromatic heterocycles. The molecular weight excluding hydrogens is 685 g/mol. The molecular formula is C50H36N6. The summed E-state index contributed by atoms with van der Waals surface area (Å²) in [6, 6.07) is 44.4. The normalized spacial score (nSPS) is 14.7. The topological polar surface area (TPSA) is 61.4 Å². The fourth-order valence-electron chi connectivity index (χ4n) is 10.4. The van der Waals surface area contributed by atoms with Gasteiger partial charge in [-0.25, -0.2) is 19.9 Å². The van der Waals surface area contributed by atoms with E-state index in [1.165, 1.54) is 55.3 Å². The van der Waals surface area contributed by atoms with E-state index < -0.39 is 0 Å². The number of rotatable bonds is 3. The molecule has 6 nitrogen and oxygen atoms in total. The van der Waals surface area contributed by atoms with Crippen molar-refractivity contribution >= 4 is 43.9 Å². The minimum atomic E-state index is -0.153. The molecule has 0 radical (unpaired) electrons. The Labute approximate surface area is 323 Å². The van der Waals surface area contributed by atoms with Crippen LogP contribution in [0.3, 0.4) is 0 Å². The van der Waals surface area contributed by atoms with Gasteiger partial charge in [0.05, 0.1) is 34.5 Å². The van der Waals surface area contributed by atoms with Gasteiger partial charge in [0.25, 0.3) is 0 Å². The summed E-state index contributed by atoms with van der Waals surface area (Å²) in [5.74, 6) is 0. The van der Waals surface area contributed by atoms with Crippen molar-refractivity contribution in [3.05, 3.63) is 169 Å². The van der Waals surface area contributed by atoms with E-state index in [9.17, 15) is 0 Å². The van der Waals surface area contributed by atoms with E-state index in [0.717, 1.165) is 55.6 Å². The van der Waals surface area contributed by atoms with Gasteiger partial charge in [-0.3, -0.25) is 0 Å². The standard InChI is InChI=1S/C50H36N6/c1-49(2)37-11-7-5-9-33(37)35-21-23-39-43(45(35)49)47-41(25-51-27-53-47)55(39)31-17-13-29(14-18-31)30-15-19-32(20-16-30)56-40-24-22-36-34-10-6-8-12-38(34)50(3,4)46(36)44(40)48-42(56)26-52-28-54-48/h5-28H,1-4H3. The molecule has 0 atom stereocenters. The third-order valence-electron chi connectivity index (χ3n) is 12.8. The molecule has 10 aromatic rings.